The molecule has 0 spiro atoms. The van der Waals surface area contributed by atoms with Crippen molar-refractivity contribution >= 4 is 11.9 Å². The van der Waals surface area contributed by atoms with Gasteiger partial charge < -0.3 is 14.5 Å². The zero-order valence-corrected chi connectivity index (χ0v) is 21.3. The minimum absolute atomic E-state index is 0.0104. The molecule has 0 radical (unpaired) electrons. The molecule has 2 heterocycles. The number of aryl methyl sites for hydroxylation is 3. The molecule has 0 unspecified atom stereocenters. The quantitative estimate of drug-likeness (QED) is 0.323. The van der Waals surface area contributed by atoms with Crippen LogP contribution in [0.3, 0.4) is 0 Å². The second kappa shape index (κ2) is 12.2. The van der Waals surface area contributed by atoms with Crippen LogP contribution in [0.5, 0.6) is 0 Å². The number of oxime groups is 1. The molecule has 0 amide bonds. The first kappa shape index (κ1) is 25.2. The highest BCUT2D eigenvalue weighted by molar-refractivity contribution is 5.60. The summed E-state index contributed by atoms with van der Waals surface area (Å²) in [6.45, 7) is 15.3. The number of hydrogen-bond acceptors (Lipinski definition) is 5. The highest BCUT2D eigenvalue weighted by Crippen LogP contribution is 2.27. The van der Waals surface area contributed by atoms with Gasteiger partial charge in [-0.3, -0.25) is 4.98 Å². The van der Waals surface area contributed by atoms with Crippen LogP contribution in [-0.2, 0) is 22.6 Å². The zero-order chi connectivity index (χ0) is 23.8. The van der Waals surface area contributed by atoms with E-state index < -0.39 is 0 Å². The highest BCUT2D eigenvalue weighted by atomic mass is 16.6. The van der Waals surface area contributed by atoms with Crippen molar-refractivity contribution in [2.45, 2.75) is 79.6 Å². The van der Waals surface area contributed by atoms with Gasteiger partial charge in [0.25, 0.3) is 0 Å². The van der Waals surface area contributed by atoms with E-state index in [1.54, 1.807) is 0 Å². The van der Waals surface area contributed by atoms with Crippen molar-refractivity contribution in [3.05, 3.63) is 58.9 Å². The van der Waals surface area contributed by atoms with Crippen LogP contribution >= 0.6 is 0 Å². The number of ether oxygens (including phenoxy) is 1. The maximum Gasteiger partial charge on any atom is 0.142 e. The van der Waals surface area contributed by atoms with Gasteiger partial charge in [0.15, 0.2) is 0 Å². The molecule has 5 nitrogen and oxygen atoms in total. The standard InChI is InChI=1S/C28H41N3O2/c1-20(2)28(32-19-25-12-8-7-9-13-25)22(4)17-29-33-23(5)18-31-15-11-10-14-26-27(31)16-21(3)24(6)30-26/h7-9,12-13,16-17,20,22-23,28H,10-11,14-15,18-19H2,1-6H3/t22-,23+,28-/m1/s1. The van der Waals surface area contributed by atoms with Gasteiger partial charge in [-0.2, -0.15) is 0 Å². The fourth-order valence-corrected chi connectivity index (χ4v) is 4.49. The van der Waals surface area contributed by atoms with Crippen molar-refractivity contribution in [3.8, 4) is 0 Å². The smallest absolute Gasteiger partial charge is 0.142 e. The van der Waals surface area contributed by atoms with Crippen molar-refractivity contribution < 1.29 is 9.57 Å². The lowest BCUT2D eigenvalue weighted by Gasteiger charge is -2.28. The Balaban J connectivity index is 1.55. The third-order valence-corrected chi connectivity index (χ3v) is 6.43. The molecule has 0 saturated heterocycles. The molecule has 0 fully saturated rings. The van der Waals surface area contributed by atoms with Crippen LogP contribution in [0.4, 0.5) is 5.69 Å². The van der Waals surface area contributed by atoms with Crippen LogP contribution in [0.1, 0.15) is 63.1 Å². The molecule has 33 heavy (non-hydrogen) atoms. The number of anilines is 1. The second-order valence-electron chi connectivity index (χ2n) is 9.79. The topological polar surface area (TPSA) is 47.0 Å². The Kier molecular flexibility index (Phi) is 9.30. The third-order valence-electron chi connectivity index (χ3n) is 6.43. The van der Waals surface area contributed by atoms with Crippen molar-refractivity contribution in [1.29, 1.82) is 0 Å². The van der Waals surface area contributed by atoms with E-state index in [4.69, 9.17) is 14.6 Å². The van der Waals surface area contributed by atoms with Crippen LogP contribution in [0.15, 0.2) is 41.6 Å². The van der Waals surface area contributed by atoms with Crippen molar-refractivity contribution in [2.24, 2.45) is 17.0 Å². The summed E-state index contributed by atoms with van der Waals surface area (Å²) in [5.74, 6) is 0.551. The Labute approximate surface area is 200 Å². The van der Waals surface area contributed by atoms with Crippen LogP contribution in [0, 0.1) is 25.7 Å². The summed E-state index contributed by atoms with van der Waals surface area (Å²) in [5, 5.41) is 4.36. The number of hydrogen-bond donors (Lipinski definition) is 0. The van der Waals surface area contributed by atoms with Gasteiger partial charge in [-0.15, -0.1) is 0 Å². The number of rotatable bonds is 10. The highest BCUT2D eigenvalue weighted by Gasteiger charge is 2.22. The zero-order valence-electron chi connectivity index (χ0n) is 21.3. The van der Waals surface area contributed by atoms with Crippen LogP contribution in [0.25, 0.3) is 0 Å². The van der Waals surface area contributed by atoms with Gasteiger partial charge >= 0.3 is 0 Å². The molecule has 0 N–H and O–H groups in total. The lowest BCUT2D eigenvalue weighted by Crippen LogP contribution is -2.33. The lowest BCUT2D eigenvalue weighted by molar-refractivity contribution is -0.00762. The Bertz CT molecular complexity index is 898. The second-order valence-corrected chi connectivity index (χ2v) is 9.79. The van der Waals surface area contributed by atoms with Crippen molar-refractivity contribution in [3.63, 3.8) is 0 Å². The number of benzene rings is 1. The van der Waals surface area contributed by atoms with E-state index in [0.29, 0.717) is 12.5 Å². The van der Waals surface area contributed by atoms with Crippen LogP contribution < -0.4 is 4.90 Å². The molecule has 2 aromatic rings. The number of fused-ring (bicyclic) bond motifs is 1. The van der Waals surface area contributed by atoms with E-state index in [0.717, 1.165) is 25.2 Å². The van der Waals surface area contributed by atoms with E-state index in [2.05, 4.69) is 69.8 Å². The van der Waals surface area contributed by atoms with Gasteiger partial charge in [-0.25, -0.2) is 0 Å². The molecule has 1 aromatic carbocycles. The molecule has 180 valence electrons. The summed E-state index contributed by atoms with van der Waals surface area (Å²) in [4.78, 5) is 13.2. The fraction of sp³-hybridized carbons (Fsp3) is 0.571. The van der Waals surface area contributed by atoms with E-state index in [9.17, 15) is 0 Å². The first-order valence-electron chi connectivity index (χ1n) is 12.4. The molecule has 3 rings (SSSR count). The monoisotopic (exact) mass is 451 g/mol. The first-order chi connectivity index (χ1) is 15.8. The summed E-state index contributed by atoms with van der Waals surface area (Å²) >= 11 is 0. The molecule has 1 aromatic heterocycles. The van der Waals surface area contributed by atoms with Gasteiger partial charge in [0.05, 0.1) is 30.6 Å². The van der Waals surface area contributed by atoms with Gasteiger partial charge in [-0.1, -0.05) is 56.3 Å². The normalized spacial score (nSPS) is 17.0. The SMILES string of the molecule is Cc1cc2c(nc1C)CCCCN2C[C@H](C)ON=C[C@@H](C)[C@H](OCc1ccccc1)C(C)C. The van der Waals surface area contributed by atoms with Gasteiger partial charge in [0, 0.05) is 24.4 Å². The minimum Gasteiger partial charge on any atom is -0.391 e. The van der Waals surface area contributed by atoms with Crippen molar-refractivity contribution in [2.75, 3.05) is 18.0 Å². The Hall–Kier alpha value is -2.40. The molecular weight excluding hydrogens is 410 g/mol. The lowest BCUT2D eigenvalue weighted by atomic mass is 9.95. The largest absolute Gasteiger partial charge is 0.391 e. The molecule has 0 bridgehead atoms. The molecule has 1 aliphatic heterocycles. The summed E-state index contributed by atoms with van der Waals surface area (Å²) in [7, 11) is 0. The summed E-state index contributed by atoms with van der Waals surface area (Å²) in [6, 6.07) is 12.6. The van der Waals surface area contributed by atoms with E-state index in [1.807, 2.05) is 24.4 Å². The maximum atomic E-state index is 6.24. The summed E-state index contributed by atoms with van der Waals surface area (Å²) < 4.78 is 6.24. The summed E-state index contributed by atoms with van der Waals surface area (Å²) in [5.41, 5.74) is 6.05. The third kappa shape index (κ3) is 7.29. The maximum absolute atomic E-state index is 6.24. The average Bonchev–Trinajstić information content (AvgIpc) is 2.96. The van der Waals surface area contributed by atoms with Crippen LogP contribution in [-0.4, -0.2) is 36.5 Å². The predicted octanol–water partition coefficient (Wildman–Crippen LogP) is 6.11. The molecule has 0 saturated carbocycles. The average molecular weight is 452 g/mol. The van der Waals surface area contributed by atoms with Gasteiger partial charge in [0.2, 0.25) is 0 Å². The molecule has 0 aliphatic carbocycles. The van der Waals surface area contributed by atoms with Crippen molar-refractivity contribution in [1.82, 2.24) is 4.98 Å². The number of pyridine rings is 1. The van der Waals surface area contributed by atoms with Gasteiger partial charge in [0.1, 0.15) is 6.10 Å². The van der Waals surface area contributed by atoms with Crippen LogP contribution in [0.2, 0.25) is 0 Å². The molecule has 1 aliphatic rings. The predicted molar refractivity (Wildman–Crippen MR) is 137 cm³/mol. The van der Waals surface area contributed by atoms with E-state index in [-0.39, 0.29) is 18.1 Å². The Morgan fingerprint density at radius 1 is 1.09 bits per heavy atom. The van der Waals surface area contributed by atoms with E-state index >= 15 is 0 Å². The molecule has 3 atom stereocenters. The fourth-order valence-electron chi connectivity index (χ4n) is 4.49. The van der Waals surface area contributed by atoms with Gasteiger partial charge in [-0.05, 0) is 63.1 Å². The minimum atomic E-state index is -0.0104. The molecule has 5 heteroatoms. The Morgan fingerprint density at radius 3 is 2.58 bits per heavy atom. The van der Waals surface area contributed by atoms with E-state index in [1.165, 1.54) is 35.3 Å². The molecular formula is C28H41N3O2. The number of nitrogens with zero attached hydrogens (tertiary/aromatic N) is 3. The summed E-state index contributed by atoms with van der Waals surface area (Å²) in [6.07, 6.45) is 5.39. The Morgan fingerprint density at radius 2 is 1.85 bits per heavy atom. The number of aromatic nitrogens is 1. The first-order valence-corrected chi connectivity index (χ1v) is 12.4.